The number of nitrogens with zero attached hydrogens (tertiary/aromatic N) is 2. The molecule has 2 heterocycles. The minimum atomic E-state index is -0.469. The van der Waals surface area contributed by atoms with Crippen LogP contribution in [0.1, 0.15) is 16.3 Å². The standard InChI is InChI=1S/C8H10N6O2S/c9-7-11-8(14-13-7)17-3-4-1-2-5(16-4)6(15)12-10/h1-2H,3,10H2,(H,12,15)(H3,9,11,13,14). The average molecular weight is 254 g/mol. The number of furan rings is 1. The third-order valence-corrected chi connectivity index (χ3v) is 2.71. The lowest BCUT2D eigenvalue weighted by atomic mass is 10.4. The number of rotatable bonds is 4. The second-order valence-electron chi connectivity index (χ2n) is 3.03. The topological polar surface area (TPSA) is 136 Å². The monoisotopic (exact) mass is 254 g/mol. The van der Waals surface area contributed by atoms with Crippen molar-refractivity contribution in [3.63, 3.8) is 0 Å². The summed E-state index contributed by atoms with van der Waals surface area (Å²) in [5.41, 5.74) is 7.36. The molecular formula is C8H10N6O2S. The molecule has 0 unspecified atom stereocenters. The summed E-state index contributed by atoms with van der Waals surface area (Å²) in [6, 6.07) is 3.23. The quantitative estimate of drug-likeness (QED) is 0.258. The molecule has 0 saturated heterocycles. The minimum absolute atomic E-state index is 0.164. The van der Waals surface area contributed by atoms with Crippen molar-refractivity contribution in [3.8, 4) is 0 Å². The van der Waals surface area contributed by atoms with Gasteiger partial charge in [0.1, 0.15) is 5.76 Å². The number of anilines is 1. The normalized spacial score (nSPS) is 10.4. The number of hydrogen-bond acceptors (Lipinski definition) is 7. The van der Waals surface area contributed by atoms with E-state index in [2.05, 4.69) is 15.2 Å². The number of aromatic nitrogens is 3. The van der Waals surface area contributed by atoms with Crippen molar-refractivity contribution in [1.29, 1.82) is 0 Å². The van der Waals surface area contributed by atoms with Gasteiger partial charge in [0.25, 0.3) is 0 Å². The summed E-state index contributed by atoms with van der Waals surface area (Å²) in [5, 5.41) is 6.89. The molecule has 17 heavy (non-hydrogen) atoms. The number of carbonyl (C=O) groups is 1. The lowest BCUT2D eigenvalue weighted by Gasteiger charge is -1.94. The Morgan fingerprint density at radius 3 is 3.06 bits per heavy atom. The molecule has 2 aromatic rings. The summed E-state index contributed by atoms with van der Waals surface area (Å²) in [6.07, 6.45) is 0. The van der Waals surface area contributed by atoms with Crippen LogP contribution in [0.25, 0.3) is 0 Å². The maximum Gasteiger partial charge on any atom is 0.300 e. The van der Waals surface area contributed by atoms with Crippen LogP contribution < -0.4 is 17.0 Å². The van der Waals surface area contributed by atoms with Crippen molar-refractivity contribution < 1.29 is 9.21 Å². The van der Waals surface area contributed by atoms with Crippen molar-refractivity contribution in [2.24, 2.45) is 5.84 Å². The number of nitrogens with two attached hydrogens (primary N) is 2. The summed E-state index contributed by atoms with van der Waals surface area (Å²) in [4.78, 5) is 15.0. The maximum atomic E-state index is 11.1. The molecule has 6 N–H and O–H groups in total. The van der Waals surface area contributed by atoms with Crippen molar-refractivity contribution in [2.75, 3.05) is 5.73 Å². The highest BCUT2D eigenvalue weighted by molar-refractivity contribution is 7.98. The summed E-state index contributed by atoms with van der Waals surface area (Å²) in [6.45, 7) is 0. The van der Waals surface area contributed by atoms with Crippen LogP contribution in [0.5, 0.6) is 0 Å². The predicted molar refractivity (Wildman–Crippen MR) is 60.7 cm³/mol. The van der Waals surface area contributed by atoms with E-state index in [1.54, 1.807) is 12.1 Å². The van der Waals surface area contributed by atoms with Gasteiger partial charge in [-0.1, -0.05) is 11.8 Å². The van der Waals surface area contributed by atoms with E-state index in [0.717, 1.165) is 0 Å². The van der Waals surface area contributed by atoms with Gasteiger partial charge < -0.3 is 10.2 Å². The third-order valence-electron chi connectivity index (χ3n) is 1.84. The van der Waals surface area contributed by atoms with Crippen LogP contribution >= 0.6 is 11.8 Å². The molecule has 0 saturated carbocycles. The van der Waals surface area contributed by atoms with E-state index in [1.165, 1.54) is 11.8 Å². The van der Waals surface area contributed by atoms with Crippen LogP contribution in [-0.4, -0.2) is 21.1 Å². The average Bonchev–Trinajstić information content (AvgIpc) is 2.94. The zero-order valence-corrected chi connectivity index (χ0v) is 9.45. The van der Waals surface area contributed by atoms with Crippen LogP contribution in [0.4, 0.5) is 5.95 Å². The highest BCUT2D eigenvalue weighted by atomic mass is 32.2. The van der Waals surface area contributed by atoms with Gasteiger partial charge >= 0.3 is 5.91 Å². The van der Waals surface area contributed by atoms with Crippen LogP contribution in [0.15, 0.2) is 21.7 Å². The number of nitrogen functional groups attached to an aromatic ring is 2. The van der Waals surface area contributed by atoms with Gasteiger partial charge in [0.15, 0.2) is 5.76 Å². The minimum Gasteiger partial charge on any atom is -0.455 e. The van der Waals surface area contributed by atoms with Crippen LogP contribution in [0, 0.1) is 0 Å². The fourth-order valence-corrected chi connectivity index (χ4v) is 1.81. The number of H-pyrrole nitrogens is 1. The molecule has 1 amide bonds. The second kappa shape index (κ2) is 4.89. The Hall–Kier alpha value is -2.00. The van der Waals surface area contributed by atoms with Crippen molar-refractivity contribution in [1.82, 2.24) is 20.6 Å². The number of hydrogen-bond donors (Lipinski definition) is 4. The van der Waals surface area contributed by atoms with Crippen LogP contribution in [-0.2, 0) is 5.75 Å². The molecule has 2 aromatic heterocycles. The smallest absolute Gasteiger partial charge is 0.300 e. The first-order chi connectivity index (χ1) is 8.19. The molecule has 0 fully saturated rings. The van der Waals surface area contributed by atoms with E-state index in [9.17, 15) is 4.79 Å². The number of amides is 1. The number of aromatic amines is 1. The van der Waals surface area contributed by atoms with E-state index in [-0.39, 0.29) is 11.7 Å². The fraction of sp³-hybridized carbons (Fsp3) is 0.125. The van der Waals surface area contributed by atoms with E-state index < -0.39 is 5.91 Å². The van der Waals surface area contributed by atoms with E-state index in [1.807, 2.05) is 5.43 Å². The number of thioether (sulfide) groups is 1. The van der Waals surface area contributed by atoms with E-state index in [4.69, 9.17) is 16.0 Å². The third kappa shape index (κ3) is 2.77. The summed E-state index contributed by atoms with van der Waals surface area (Å²) in [7, 11) is 0. The Balaban J connectivity index is 1.95. The first kappa shape index (κ1) is 11.5. The summed E-state index contributed by atoms with van der Waals surface area (Å²) < 4.78 is 5.25. The molecule has 9 heteroatoms. The van der Waals surface area contributed by atoms with E-state index in [0.29, 0.717) is 16.7 Å². The van der Waals surface area contributed by atoms with Gasteiger partial charge in [-0.2, -0.15) is 4.98 Å². The van der Waals surface area contributed by atoms with Crippen molar-refractivity contribution in [3.05, 3.63) is 23.7 Å². The van der Waals surface area contributed by atoms with Gasteiger partial charge in [0, 0.05) is 0 Å². The van der Waals surface area contributed by atoms with Gasteiger partial charge in [-0.05, 0) is 12.1 Å². The first-order valence-corrected chi connectivity index (χ1v) is 5.58. The molecule has 90 valence electrons. The molecule has 0 radical (unpaired) electrons. The van der Waals surface area contributed by atoms with Gasteiger partial charge in [-0.3, -0.25) is 10.2 Å². The Morgan fingerprint density at radius 2 is 2.41 bits per heavy atom. The Morgan fingerprint density at radius 1 is 1.59 bits per heavy atom. The van der Waals surface area contributed by atoms with E-state index >= 15 is 0 Å². The maximum absolute atomic E-state index is 11.1. The zero-order valence-electron chi connectivity index (χ0n) is 8.64. The van der Waals surface area contributed by atoms with Crippen molar-refractivity contribution >= 4 is 23.6 Å². The predicted octanol–water partition coefficient (Wildman–Crippen LogP) is -0.124. The molecule has 0 aliphatic carbocycles. The number of carbonyl (C=O) groups excluding carboxylic acids is 1. The molecule has 0 aromatic carbocycles. The lowest BCUT2D eigenvalue weighted by Crippen LogP contribution is -2.29. The second-order valence-corrected chi connectivity index (χ2v) is 3.97. The highest BCUT2D eigenvalue weighted by Crippen LogP contribution is 2.20. The largest absolute Gasteiger partial charge is 0.455 e. The highest BCUT2D eigenvalue weighted by Gasteiger charge is 2.10. The SMILES string of the molecule is NNC(=O)c1ccc(CSc2n[nH]c(N)n2)o1. The molecule has 2 rings (SSSR count). The Labute approximate surface area is 100 Å². The fourth-order valence-electron chi connectivity index (χ4n) is 1.11. The molecule has 0 atom stereocenters. The summed E-state index contributed by atoms with van der Waals surface area (Å²) >= 11 is 1.34. The molecule has 0 aliphatic heterocycles. The van der Waals surface area contributed by atoms with Gasteiger partial charge in [-0.25, -0.2) is 10.9 Å². The summed E-state index contributed by atoms with van der Waals surface area (Å²) in [5.74, 6) is 6.05. The zero-order chi connectivity index (χ0) is 12.3. The lowest BCUT2D eigenvalue weighted by molar-refractivity contribution is 0.0924. The van der Waals surface area contributed by atoms with Gasteiger partial charge in [-0.15, -0.1) is 5.10 Å². The molecule has 0 bridgehead atoms. The molecule has 8 nitrogen and oxygen atoms in total. The van der Waals surface area contributed by atoms with Crippen molar-refractivity contribution in [2.45, 2.75) is 10.9 Å². The van der Waals surface area contributed by atoms with Crippen LogP contribution in [0.2, 0.25) is 0 Å². The Kier molecular flexibility index (Phi) is 3.30. The number of nitrogens with one attached hydrogen (secondary N) is 2. The number of hydrazine groups is 1. The first-order valence-electron chi connectivity index (χ1n) is 4.59. The van der Waals surface area contributed by atoms with Crippen LogP contribution in [0.3, 0.4) is 0 Å². The molecule has 0 spiro atoms. The molecular weight excluding hydrogens is 244 g/mol. The molecule has 0 aliphatic rings. The Bertz CT molecular complexity index is 522. The van der Waals surface area contributed by atoms with Gasteiger partial charge in [0.2, 0.25) is 11.1 Å². The van der Waals surface area contributed by atoms with Gasteiger partial charge in [0.05, 0.1) is 5.75 Å².